The number of hydrogen-bond donors (Lipinski definition) is 8. The summed E-state index contributed by atoms with van der Waals surface area (Å²) in [6.07, 6.45) is 1.95. The second-order valence-electron chi connectivity index (χ2n) is 10.8. The molecule has 232 valence electrons. The van der Waals surface area contributed by atoms with Gasteiger partial charge < -0.3 is 20.2 Å². The van der Waals surface area contributed by atoms with Crippen LogP contribution < -0.4 is 22.5 Å². The molecule has 10 N–H and O–H groups in total. The molecule has 0 radical (unpaired) electrons. The van der Waals surface area contributed by atoms with E-state index in [-0.39, 0.29) is 47.8 Å². The standard InChI is InChI=1S/C31H32N8O6/c1-13-8-16-9-20-14(2)17(4-6-26(40)41)22(35-20)12-23-18(5-7-27(42)43)15(3)21(36-23)11-24-19(30(44)38-32)10-25(37-24)28(29(13)34-16)31(45)39-33/h8-12,35,37H,4-7,32-33H2,1-3H3,(H,38,44)(H,39,45)(H,40,41)(H,42,43). The zero-order valence-electron chi connectivity index (χ0n) is 24.8. The van der Waals surface area contributed by atoms with E-state index >= 15 is 0 Å². The fourth-order valence-corrected chi connectivity index (χ4v) is 5.64. The van der Waals surface area contributed by atoms with Gasteiger partial charge in [-0.05, 0) is 91.8 Å². The summed E-state index contributed by atoms with van der Waals surface area (Å²) in [6, 6.07) is 6.67. The first-order valence-electron chi connectivity index (χ1n) is 14.0. The smallest absolute Gasteiger partial charge is 0.303 e. The molecule has 2 aliphatic heterocycles. The molecule has 14 nitrogen and oxygen atoms in total. The lowest BCUT2D eigenvalue weighted by Gasteiger charge is -2.03. The first-order chi connectivity index (χ1) is 21.4. The van der Waals surface area contributed by atoms with Crippen molar-refractivity contribution in [2.75, 3.05) is 0 Å². The van der Waals surface area contributed by atoms with Gasteiger partial charge in [-0.15, -0.1) is 0 Å². The zero-order chi connectivity index (χ0) is 32.6. The van der Waals surface area contributed by atoms with Crippen molar-refractivity contribution < 1.29 is 29.4 Å². The van der Waals surface area contributed by atoms with E-state index in [9.17, 15) is 29.4 Å². The number of carboxylic acid groups (broad SMARTS) is 2. The van der Waals surface area contributed by atoms with Crippen LogP contribution in [0.5, 0.6) is 0 Å². The topological polar surface area (TPSA) is 242 Å². The van der Waals surface area contributed by atoms with Crippen LogP contribution in [0, 0.1) is 6.92 Å². The molecule has 45 heavy (non-hydrogen) atoms. The summed E-state index contributed by atoms with van der Waals surface area (Å²) in [4.78, 5) is 65.2. The van der Waals surface area contributed by atoms with Crippen LogP contribution in [0.4, 0.5) is 0 Å². The number of nitrogens with zero attached hydrogens (tertiary/aromatic N) is 2. The Balaban J connectivity index is 1.97. The maximum absolute atomic E-state index is 13.2. The average molecular weight is 613 g/mol. The molecule has 0 aliphatic carbocycles. The zero-order valence-corrected chi connectivity index (χ0v) is 24.8. The average Bonchev–Trinajstić information content (AvgIpc) is 3.72. The summed E-state index contributed by atoms with van der Waals surface area (Å²) in [7, 11) is 0. The quantitative estimate of drug-likeness (QED) is 0.105. The molecule has 3 aromatic heterocycles. The Morgan fingerprint density at radius 1 is 0.778 bits per heavy atom. The molecule has 5 heterocycles. The summed E-state index contributed by atoms with van der Waals surface area (Å²) in [5.74, 6) is 7.85. The minimum absolute atomic E-state index is 0.0851. The van der Waals surface area contributed by atoms with Crippen LogP contribution in [-0.4, -0.2) is 53.9 Å². The van der Waals surface area contributed by atoms with E-state index in [0.29, 0.717) is 50.5 Å². The van der Waals surface area contributed by atoms with Gasteiger partial charge in [-0.2, -0.15) is 0 Å². The summed E-state index contributed by atoms with van der Waals surface area (Å²) < 4.78 is 0. The highest BCUT2D eigenvalue weighted by molar-refractivity contribution is 6.09. The minimum atomic E-state index is -0.978. The first kappa shape index (κ1) is 30.8. The number of hydrazine groups is 2. The number of aromatic nitrogens is 4. The first-order valence-corrected chi connectivity index (χ1v) is 14.0. The van der Waals surface area contributed by atoms with E-state index in [1.54, 1.807) is 38.1 Å². The number of aromatic amines is 2. The molecule has 0 saturated heterocycles. The van der Waals surface area contributed by atoms with E-state index in [1.807, 2.05) is 6.92 Å². The summed E-state index contributed by atoms with van der Waals surface area (Å²) >= 11 is 0. The van der Waals surface area contributed by atoms with Crippen molar-refractivity contribution in [1.29, 1.82) is 0 Å². The van der Waals surface area contributed by atoms with E-state index in [1.165, 1.54) is 6.07 Å². The maximum Gasteiger partial charge on any atom is 0.303 e. The Hall–Kier alpha value is -5.60. The van der Waals surface area contributed by atoms with Crippen molar-refractivity contribution >= 4 is 68.6 Å². The second kappa shape index (κ2) is 12.2. The fraction of sp³-hybridized carbons (Fsp3) is 0.226. The van der Waals surface area contributed by atoms with Crippen LogP contribution in [0.25, 0.3) is 44.9 Å². The van der Waals surface area contributed by atoms with Crippen molar-refractivity contribution in [3.63, 3.8) is 0 Å². The molecular weight excluding hydrogens is 580 g/mol. The second-order valence-corrected chi connectivity index (χ2v) is 10.8. The number of rotatable bonds is 8. The number of fused-ring (bicyclic) bond motifs is 8. The molecular formula is C31H32N8O6. The molecule has 8 bridgehead atoms. The van der Waals surface area contributed by atoms with Gasteiger partial charge in [0.05, 0.1) is 44.9 Å². The number of nitrogen functional groups attached to an aromatic ring is 2. The summed E-state index contributed by atoms with van der Waals surface area (Å²) in [5.41, 5.74) is 11.7. The molecule has 0 aromatic carbocycles. The molecule has 0 spiro atoms. The van der Waals surface area contributed by atoms with Gasteiger partial charge in [-0.1, -0.05) is 0 Å². The van der Waals surface area contributed by atoms with Crippen LogP contribution in [0.1, 0.15) is 87.7 Å². The molecule has 3 aromatic rings. The molecule has 0 fully saturated rings. The molecule has 14 heteroatoms. The third-order valence-corrected chi connectivity index (χ3v) is 7.94. The number of nitrogens with one attached hydrogen (secondary N) is 4. The Kier molecular flexibility index (Phi) is 8.35. The molecule has 0 unspecified atom stereocenters. The van der Waals surface area contributed by atoms with E-state index in [0.717, 1.165) is 11.1 Å². The fourth-order valence-electron chi connectivity index (χ4n) is 5.64. The lowest BCUT2D eigenvalue weighted by molar-refractivity contribution is -0.137. The van der Waals surface area contributed by atoms with Gasteiger partial charge in [0.1, 0.15) is 0 Å². The van der Waals surface area contributed by atoms with Gasteiger partial charge >= 0.3 is 11.9 Å². The van der Waals surface area contributed by atoms with E-state index < -0.39 is 23.8 Å². The van der Waals surface area contributed by atoms with Gasteiger partial charge in [0.25, 0.3) is 11.8 Å². The van der Waals surface area contributed by atoms with Crippen molar-refractivity contribution in [3.05, 3.63) is 69.3 Å². The van der Waals surface area contributed by atoms with E-state index in [4.69, 9.17) is 21.7 Å². The van der Waals surface area contributed by atoms with Crippen molar-refractivity contribution in [1.82, 2.24) is 30.8 Å². The van der Waals surface area contributed by atoms with Crippen molar-refractivity contribution in [3.8, 4) is 0 Å². The molecule has 5 rings (SSSR count). The largest absolute Gasteiger partial charge is 0.481 e. The normalized spacial score (nSPS) is 12.6. The van der Waals surface area contributed by atoms with Crippen LogP contribution in [0.2, 0.25) is 0 Å². The third kappa shape index (κ3) is 5.96. The number of H-pyrrole nitrogens is 2. The number of carbonyl (C=O) groups excluding carboxylic acids is 2. The third-order valence-electron chi connectivity index (χ3n) is 7.94. The lowest BCUT2D eigenvalue weighted by atomic mass is 10.0. The highest BCUT2D eigenvalue weighted by Gasteiger charge is 2.23. The van der Waals surface area contributed by atoms with Gasteiger partial charge in [-0.3, -0.25) is 30.0 Å². The number of nitrogens with two attached hydrogens (primary N) is 2. The van der Waals surface area contributed by atoms with Gasteiger partial charge in [0.15, 0.2) is 0 Å². The molecule has 0 atom stereocenters. The number of carbonyl (C=O) groups is 4. The van der Waals surface area contributed by atoms with Crippen molar-refractivity contribution in [2.24, 2.45) is 11.7 Å². The number of amides is 2. The molecule has 2 amide bonds. The van der Waals surface area contributed by atoms with Crippen LogP contribution in [-0.2, 0) is 16.0 Å². The number of aryl methyl sites for hydroxylation is 2. The Morgan fingerprint density at radius 3 is 2.09 bits per heavy atom. The van der Waals surface area contributed by atoms with Crippen LogP contribution >= 0.6 is 0 Å². The van der Waals surface area contributed by atoms with Gasteiger partial charge in [0.2, 0.25) is 0 Å². The number of aliphatic carboxylic acids is 2. The minimum Gasteiger partial charge on any atom is -0.481 e. The molecule has 2 aliphatic rings. The number of allylic oxidation sites excluding steroid dienone is 3. The highest BCUT2D eigenvalue weighted by Crippen LogP contribution is 2.35. The van der Waals surface area contributed by atoms with Crippen molar-refractivity contribution in [2.45, 2.75) is 46.5 Å². The Bertz CT molecular complexity index is 2020. The SMILES string of the molecule is CC1=Cc2cc3[nH]c(cc4nc(cc5[nH]c(cc5C(=O)NN)c(C(=O)NN)c1n2)C(C)=C4CCC(=O)O)c(CCC(=O)O)c3C. The van der Waals surface area contributed by atoms with Gasteiger partial charge in [-0.25, -0.2) is 21.7 Å². The van der Waals surface area contributed by atoms with Crippen LogP contribution in [0.15, 0.2) is 24.3 Å². The van der Waals surface area contributed by atoms with Gasteiger partial charge in [0, 0.05) is 23.9 Å². The predicted molar refractivity (Wildman–Crippen MR) is 168 cm³/mol. The highest BCUT2D eigenvalue weighted by atomic mass is 16.4. The summed E-state index contributed by atoms with van der Waals surface area (Å²) in [5, 5.41) is 18.9. The summed E-state index contributed by atoms with van der Waals surface area (Å²) in [6.45, 7) is 5.47. The van der Waals surface area contributed by atoms with E-state index in [2.05, 4.69) is 20.8 Å². The predicted octanol–water partition coefficient (Wildman–Crippen LogP) is 3.20. The lowest BCUT2D eigenvalue weighted by Crippen LogP contribution is -2.31. The maximum atomic E-state index is 13.2. The van der Waals surface area contributed by atoms with Crippen LogP contribution in [0.3, 0.4) is 0 Å². The number of carboxylic acids is 2. The number of hydrogen-bond acceptors (Lipinski definition) is 8. The Labute approximate surface area is 256 Å². The molecule has 0 saturated carbocycles. The Morgan fingerprint density at radius 2 is 1.42 bits per heavy atom. The monoisotopic (exact) mass is 612 g/mol.